The molecule has 30 heavy (non-hydrogen) atoms. The molecule has 0 radical (unpaired) electrons. The molecule has 7 nitrogen and oxygen atoms in total. The molecular weight excluding hydrogens is 378 g/mol. The standard InChI is InChI=1S/C23H25N5O2/c1-27(16-19-6-2-5-18-14-25-9-7-20(18)19)22(29)12-21-23(30)26-10-11-28(21)15-17-4-3-8-24-13-17/h2-9,13-14,21H,10-12,15-16H2,1H3,(H,26,30)/t21-/m1/s1. The van der Waals surface area contributed by atoms with Gasteiger partial charge in [0, 0.05) is 63.4 Å². The Morgan fingerprint density at radius 2 is 2.03 bits per heavy atom. The summed E-state index contributed by atoms with van der Waals surface area (Å²) in [6, 6.07) is 11.4. The van der Waals surface area contributed by atoms with Gasteiger partial charge in [0.25, 0.3) is 0 Å². The van der Waals surface area contributed by atoms with Crippen LogP contribution >= 0.6 is 0 Å². The number of nitrogens with zero attached hydrogens (tertiary/aromatic N) is 4. The first kappa shape index (κ1) is 20.0. The predicted octanol–water partition coefficient (Wildman–Crippen LogP) is 1.98. The highest BCUT2D eigenvalue weighted by Crippen LogP contribution is 2.20. The van der Waals surface area contributed by atoms with Gasteiger partial charge in [-0.25, -0.2) is 0 Å². The lowest BCUT2D eigenvalue weighted by Crippen LogP contribution is -2.56. The van der Waals surface area contributed by atoms with E-state index in [2.05, 4.69) is 20.2 Å². The number of piperazine rings is 1. The Morgan fingerprint density at radius 1 is 1.17 bits per heavy atom. The van der Waals surface area contributed by atoms with Crippen LogP contribution in [0.2, 0.25) is 0 Å². The molecule has 3 aromatic rings. The summed E-state index contributed by atoms with van der Waals surface area (Å²) in [5.41, 5.74) is 2.09. The van der Waals surface area contributed by atoms with Crippen LogP contribution in [-0.2, 0) is 22.7 Å². The number of rotatable bonds is 6. The summed E-state index contributed by atoms with van der Waals surface area (Å²) < 4.78 is 0. The van der Waals surface area contributed by atoms with Gasteiger partial charge in [0.2, 0.25) is 11.8 Å². The number of hydrogen-bond donors (Lipinski definition) is 1. The maximum Gasteiger partial charge on any atom is 0.237 e. The number of pyridine rings is 2. The molecule has 4 rings (SSSR count). The van der Waals surface area contributed by atoms with Gasteiger partial charge in [-0.2, -0.15) is 0 Å². The second-order valence-electron chi connectivity index (χ2n) is 7.61. The lowest BCUT2D eigenvalue weighted by molar-refractivity contribution is -0.138. The highest BCUT2D eigenvalue weighted by molar-refractivity contribution is 5.89. The Labute approximate surface area is 175 Å². The predicted molar refractivity (Wildman–Crippen MR) is 114 cm³/mol. The van der Waals surface area contributed by atoms with E-state index in [1.54, 1.807) is 30.5 Å². The molecule has 1 N–H and O–H groups in total. The van der Waals surface area contributed by atoms with Crippen LogP contribution < -0.4 is 5.32 Å². The van der Waals surface area contributed by atoms with Gasteiger partial charge in [0.15, 0.2) is 0 Å². The number of hydrogen-bond acceptors (Lipinski definition) is 5. The Morgan fingerprint density at radius 3 is 2.87 bits per heavy atom. The lowest BCUT2D eigenvalue weighted by Gasteiger charge is -2.35. The first-order chi connectivity index (χ1) is 14.6. The lowest BCUT2D eigenvalue weighted by atomic mass is 10.0. The van der Waals surface area contributed by atoms with Gasteiger partial charge in [0.1, 0.15) is 0 Å². The van der Waals surface area contributed by atoms with Crippen LogP contribution in [0.5, 0.6) is 0 Å². The molecule has 1 aromatic carbocycles. The molecule has 1 fully saturated rings. The number of aromatic nitrogens is 2. The maximum atomic E-state index is 13.0. The van der Waals surface area contributed by atoms with Gasteiger partial charge in [0.05, 0.1) is 12.5 Å². The van der Waals surface area contributed by atoms with Crippen LogP contribution in [-0.4, -0.2) is 57.8 Å². The van der Waals surface area contributed by atoms with Crippen molar-refractivity contribution in [1.82, 2.24) is 25.1 Å². The summed E-state index contributed by atoms with van der Waals surface area (Å²) in [6.45, 7) is 2.37. The summed E-state index contributed by atoms with van der Waals surface area (Å²) in [5, 5.41) is 5.02. The van der Waals surface area contributed by atoms with E-state index in [0.29, 0.717) is 26.2 Å². The SMILES string of the molecule is CN(Cc1cccc2cnccc12)C(=O)C[C@@H]1C(=O)NCCN1Cc1cccnc1. The number of nitrogens with one attached hydrogen (secondary N) is 1. The average Bonchev–Trinajstić information content (AvgIpc) is 2.77. The van der Waals surface area contributed by atoms with Gasteiger partial charge < -0.3 is 10.2 Å². The Bertz CT molecular complexity index is 1030. The quantitative estimate of drug-likeness (QED) is 0.681. The maximum absolute atomic E-state index is 13.0. The third kappa shape index (κ3) is 4.46. The fourth-order valence-corrected chi connectivity index (χ4v) is 3.89. The Balaban J connectivity index is 1.45. The zero-order valence-electron chi connectivity index (χ0n) is 17.0. The van der Waals surface area contributed by atoms with Crippen LogP contribution in [0.1, 0.15) is 17.5 Å². The Hall–Kier alpha value is -3.32. The van der Waals surface area contributed by atoms with Gasteiger partial charge >= 0.3 is 0 Å². The van der Waals surface area contributed by atoms with Crippen LogP contribution in [0.4, 0.5) is 0 Å². The van der Waals surface area contributed by atoms with Crippen molar-refractivity contribution in [2.75, 3.05) is 20.1 Å². The van der Waals surface area contributed by atoms with E-state index in [9.17, 15) is 9.59 Å². The highest BCUT2D eigenvalue weighted by atomic mass is 16.2. The van der Waals surface area contributed by atoms with Crippen molar-refractivity contribution in [2.24, 2.45) is 0 Å². The summed E-state index contributed by atoms with van der Waals surface area (Å²) in [5.74, 6) is -0.151. The van der Waals surface area contributed by atoms with E-state index in [4.69, 9.17) is 0 Å². The number of carbonyl (C=O) groups is 2. The first-order valence-corrected chi connectivity index (χ1v) is 10.1. The molecule has 1 aliphatic heterocycles. The van der Waals surface area contributed by atoms with Gasteiger partial charge in [-0.3, -0.25) is 24.5 Å². The molecule has 2 aromatic heterocycles. The fourth-order valence-electron chi connectivity index (χ4n) is 3.89. The van der Waals surface area contributed by atoms with E-state index in [-0.39, 0.29) is 18.2 Å². The fraction of sp³-hybridized carbons (Fsp3) is 0.304. The molecule has 154 valence electrons. The van der Waals surface area contributed by atoms with Crippen LogP contribution in [0.3, 0.4) is 0 Å². The molecular formula is C23H25N5O2. The second kappa shape index (κ2) is 9.00. The van der Waals surface area contributed by atoms with E-state index < -0.39 is 6.04 Å². The third-order valence-corrected chi connectivity index (χ3v) is 5.52. The van der Waals surface area contributed by atoms with Crippen molar-refractivity contribution >= 4 is 22.6 Å². The smallest absolute Gasteiger partial charge is 0.237 e. The van der Waals surface area contributed by atoms with Gasteiger partial charge in [-0.05, 0) is 28.6 Å². The van der Waals surface area contributed by atoms with Crippen molar-refractivity contribution in [3.8, 4) is 0 Å². The third-order valence-electron chi connectivity index (χ3n) is 5.52. The summed E-state index contributed by atoms with van der Waals surface area (Å²) >= 11 is 0. The molecule has 2 amide bonds. The molecule has 0 spiro atoms. The normalized spacial score (nSPS) is 17.0. The minimum absolute atomic E-state index is 0.0562. The van der Waals surface area contributed by atoms with E-state index in [0.717, 1.165) is 21.9 Å². The van der Waals surface area contributed by atoms with Crippen LogP contribution in [0.15, 0.2) is 61.2 Å². The van der Waals surface area contributed by atoms with Crippen molar-refractivity contribution in [3.05, 3.63) is 72.3 Å². The Kier molecular flexibility index (Phi) is 5.99. The second-order valence-corrected chi connectivity index (χ2v) is 7.61. The minimum Gasteiger partial charge on any atom is -0.353 e. The number of fused-ring (bicyclic) bond motifs is 1. The molecule has 0 aliphatic carbocycles. The van der Waals surface area contributed by atoms with E-state index in [1.165, 1.54) is 0 Å². The van der Waals surface area contributed by atoms with Gasteiger partial charge in [-0.15, -0.1) is 0 Å². The van der Waals surface area contributed by atoms with Gasteiger partial charge in [-0.1, -0.05) is 24.3 Å². The number of benzene rings is 1. The number of carbonyl (C=O) groups excluding carboxylic acids is 2. The molecule has 0 unspecified atom stereocenters. The average molecular weight is 403 g/mol. The monoisotopic (exact) mass is 403 g/mol. The highest BCUT2D eigenvalue weighted by Gasteiger charge is 2.32. The molecule has 3 heterocycles. The zero-order chi connectivity index (χ0) is 20.9. The molecule has 0 saturated carbocycles. The molecule has 1 aliphatic rings. The first-order valence-electron chi connectivity index (χ1n) is 10.1. The van der Waals surface area contributed by atoms with Crippen molar-refractivity contribution < 1.29 is 9.59 Å². The zero-order valence-corrected chi connectivity index (χ0v) is 17.0. The molecule has 0 bridgehead atoms. The number of amides is 2. The van der Waals surface area contributed by atoms with Crippen molar-refractivity contribution in [1.29, 1.82) is 0 Å². The largest absolute Gasteiger partial charge is 0.353 e. The summed E-state index contributed by atoms with van der Waals surface area (Å²) in [6.07, 6.45) is 7.26. The van der Waals surface area contributed by atoms with E-state index in [1.807, 2.05) is 42.6 Å². The van der Waals surface area contributed by atoms with Crippen molar-refractivity contribution in [2.45, 2.75) is 25.6 Å². The van der Waals surface area contributed by atoms with Crippen LogP contribution in [0.25, 0.3) is 10.8 Å². The van der Waals surface area contributed by atoms with Crippen LogP contribution in [0, 0.1) is 0 Å². The molecule has 7 heteroatoms. The topological polar surface area (TPSA) is 78.4 Å². The van der Waals surface area contributed by atoms with E-state index >= 15 is 0 Å². The molecule has 1 atom stereocenters. The summed E-state index contributed by atoms with van der Waals surface area (Å²) in [4.78, 5) is 37.6. The molecule has 1 saturated heterocycles. The summed E-state index contributed by atoms with van der Waals surface area (Å²) in [7, 11) is 1.79. The van der Waals surface area contributed by atoms with Crippen molar-refractivity contribution in [3.63, 3.8) is 0 Å². The minimum atomic E-state index is -0.481.